The second-order valence-electron chi connectivity index (χ2n) is 2.09. The molecule has 0 atom stereocenters. The molecule has 2 rings (SSSR count). The Morgan fingerprint density at radius 2 is 2.40 bits per heavy atom. The van der Waals surface area contributed by atoms with E-state index >= 15 is 0 Å². The van der Waals surface area contributed by atoms with Gasteiger partial charge in [0.15, 0.2) is 5.82 Å². The molecule has 0 spiro atoms. The van der Waals surface area contributed by atoms with Crippen LogP contribution in [0.4, 0.5) is 5.82 Å². The van der Waals surface area contributed by atoms with Crippen LogP contribution >= 0.6 is 0 Å². The first-order chi connectivity index (χ1) is 4.86. The van der Waals surface area contributed by atoms with Crippen molar-refractivity contribution in [2.75, 3.05) is 0 Å². The molecule has 0 bridgehead atoms. The maximum atomic E-state index is 10.6. The van der Waals surface area contributed by atoms with E-state index in [9.17, 15) is 4.79 Å². The molecule has 0 radical (unpaired) electrons. The molecule has 1 aliphatic rings. The van der Waals surface area contributed by atoms with Gasteiger partial charge in [0.05, 0.1) is 0 Å². The Hall–Kier alpha value is -1.45. The van der Waals surface area contributed by atoms with Gasteiger partial charge in [0.25, 0.3) is 5.91 Å². The van der Waals surface area contributed by atoms with E-state index < -0.39 is 0 Å². The molecule has 50 valence electrons. The molecule has 0 aliphatic carbocycles. The first-order valence-corrected chi connectivity index (χ1v) is 2.96. The molecule has 0 aromatic carbocycles. The number of fused-ring (bicyclic) bond motifs is 1. The van der Waals surface area contributed by atoms with Gasteiger partial charge in [0, 0.05) is 6.20 Å². The highest BCUT2D eigenvalue weighted by Gasteiger charge is 2.09. The molecule has 4 heteroatoms. The van der Waals surface area contributed by atoms with E-state index in [2.05, 4.69) is 10.2 Å². The number of nitrogens with zero attached hydrogens (tertiary/aromatic N) is 3. The number of aromatic nitrogens is 1. The van der Waals surface area contributed by atoms with Crippen LogP contribution < -0.4 is 0 Å². The van der Waals surface area contributed by atoms with Crippen molar-refractivity contribution in [3.05, 3.63) is 18.3 Å². The summed E-state index contributed by atoms with van der Waals surface area (Å²) in [5.41, 5.74) is 0. The SMILES string of the molecule is O=C1Cn2cccc2N=N1. The third kappa shape index (κ3) is 0.655. The van der Waals surface area contributed by atoms with Crippen molar-refractivity contribution in [2.24, 2.45) is 10.2 Å². The molecule has 0 saturated carbocycles. The lowest BCUT2D eigenvalue weighted by atomic mass is 10.5. The number of hydrogen-bond donors (Lipinski definition) is 0. The Morgan fingerprint density at radius 1 is 1.50 bits per heavy atom. The van der Waals surface area contributed by atoms with Gasteiger partial charge in [-0.2, -0.15) is 0 Å². The largest absolute Gasteiger partial charge is 0.322 e. The van der Waals surface area contributed by atoms with Crippen LogP contribution in [-0.2, 0) is 11.3 Å². The first-order valence-electron chi connectivity index (χ1n) is 2.96. The van der Waals surface area contributed by atoms with Crippen LogP contribution in [0.5, 0.6) is 0 Å². The smallest absolute Gasteiger partial charge is 0.284 e. The first kappa shape index (κ1) is 5.34. The topological polar surface area (TPSA) is 46.7 Å². The van der Waals surface area contributed by atoms with E-state index in [4.69, 9.17) is 0 Å². The van der Waals surface area contributed by atoms with Crippen LogP contribution in [0.1, 0.15) is 0 Å². The van der Waals surface area contributed by atoms with Crippen LogP contribution in [0.15, 0.2) is 28.6 Å². The Labute approximate surface area is 57.2 Å². The molecule has 0 N–H and O–H groups in total. The maximum absolute atomic E-state index is 10.6. The molecule has 2 heterocycles. The van der Waals surface area contributed by atoms with Crippen LogP contribution in [0.25, 0.3) is 0 Å². The Balaban J connectivity index is 2.52. The van der Waals surface area contributed by atoms with Gasteiger partial charge in [0.2, 0.25) is 0 Å². The predicted octanol–water partition coefficient (Wildman–Crippen LogP) is 1.11. The fourth-order valence-electron chi connectivity index (χ4n) is 0.914. The lowest BCUT2D eigenvalue weighted by Gasteiger charge is -2.04. The molecule has 4 nitrogen and oxygen atoms in total. The lowest BCUT2D eigenvalue weighted by Crippen LogP contribution is -2.08. The van der Waals surface area contributed by atoms with Gasteiger partial charge in [-0.1, -0.05) is 0 Å². The second kappa shape index (κ2) is 1.76. The minimum Gasteiger partial charge on any atom is -0.322 e. The van der Waals surface area contributed by atoms with E-state index in [0.717, 1.165) is 5.82 Å². The van der Waals surface area contributed by atoms with Gasteiger partial charge in [-0.3, -0.25) is 4.79 Å². The molecule has 1 aromatic rings. The van der Waals surface area contributed by atoms with E-state index in [1.165, 1.54) is 0 Å². The van der Waals surface area contributed by atoms with Crippen molar-refractivity contribution >= 4 is 11.7 Å². The molecule has 1 aliphatic heterocycles. The summed E-state index contributed by atoms with van der Waals surface area (Å²) in [5.74, 6) is 0.559. The van der Waals surface area contributed by atoms with Crippen LogP contribution in [0.2, 0.25) is 0 Å². The van der Waals surface area contributed by atoms with E-state index in [-0.39, 0.29) is 5.91 Å². The molecular weight excluding hydrogens is 130 g/mol. The third-order valence-corrected chi connectivity index (χ3v) is 1.38. The highest BCUT2D eigenvalue weighted by Crippen LogP contribution is 2.16. The summed E-state index contributed by atoms with van der Waals surface area (Å²) in [7, 11) is 0. The van der Waals surface area contributed by atoms with Crippen molar-refractivity contribution in [3.8, 4) is 0 Å². The van der Waals surface area contributed by atoms with Gasteiger partial charge in [0.1, 0.15) is 6.54 Å². The number of carbonyl (C=O) groups excluding carboxylic acids is 1. The molecule has 0 unspecified atom stereocenters. The van der Waals surface area contributed by atoms with E-state index in [1.54, 1.807) is 4.57 Å². The minimum atomic E-state index is -0.191. The fourth-order valence-corrected chi connectivity index (χ4v) is 0.914. The molecule has 10 heavy (non-hydrogen) atoms. The van der Waals surface area contributed by atoms with Crippen molar-refractivity contribution < 1.29 is 4.79 Å². The Morgan fingerprint density at radius 3 is 3.30 bits per heavy atom. The maximum Gasteiger partial charge on any atom is 0.284 e. The van der Waals surface area contributed by atoms with Gasteiger partial charge in [-0.05, 0) is 12.1 Å². The number of azo groups is 1. The number of rotatable bonds is 0. The van der Waals surface area contributed by atoms with E-state index in [0.29, 0.717) is 6.54 Å². The predicted molar refractivity (Wildman–Crippen MR) is 34.0 cm³/mol. The van der Waals surface area contributed by atoms with E-state index in [1.807, 2.05) is 18.3 Å². The summed E-state index contributed by atoms with van der Waals surface area (Å²) in [6.07, 6.45) is 1.81. The molecule has 1 amide bonds. The fraction of sp³-hybridized carbons (Fsp3) is 0.167. The third-order valence-electron chi connectivity index (χ3n) is 1.38. The summed E-state index contributed by atoms with van der Waals surface area (Å²) in [6.45, 7) is 0.325. The zero-order valence-electron chi connectivity index (χ0n) is 5.19. The van der Waals surface area contributed by atoms with Crippen molar-refractivity contribution in [1.29, 1.82) is 0 Å². The molecular formula is C6H5N3O. The highest BCUT2D eigenvalue weighted by molar-refractivity contribution is 5.77. The van der Waals surface area contributed by atoms with Crippen LogP contribution in [-0.4, -0.2) is 10.5 Å². The zero-order chi connectivity index (χ0) is 6.97. The summed E-state index contributed by atoms with van der Waals surface area (Å²) in [4.78, 5) is 10.6. The minimum absolute atomic E-state index is 0.191. The second-order valence-corrected chi connectivity index (χ2v) is 2.09. The zero-order valence-corrected chi connectivity index (χ0v) is 5.19. The standard InChI is InChI=1S/C6H5N3O/c10-6-4-9-3-1-2-5(9)7-8-6/h1-3H,4H2. The summed E-state index contributed by atoms with van der Waals surface area (Å²) in [6, 6.07) is 3.66. The molecule has 0 saturated heterocycles. The summed E-state index contributed by atoms with van der Waals surface area (Å²) >= 11 is 0. The summed E-state index contributed by atoms with van der Waals surface area (Å²) in [5, 5.41) is 7.08. The monoisotopic (exact) mass is 135 g/mol. The van der Waals surface area contributed by atoms with Crippen molar-refractivity contribution in [2.45, 2.75) is 6.54 Å². The van der Waals surface area contributed by atoms with Crippen molar-refractivity contribution in [3.63, 3.8) is 0 Å². The quantitative estimate of drug-likeness (QED) is 0.525. The number of hydrogen-bond acceptors (Lipinski definition) is 2. The van der Waals surface area contributed by atoms with Gasteiger partial charge < -0.3 is 4.57 Å². The molecule has 0 fully saturated rings. The summed E-state index contributed by atoms with van der Waals surface area (Å²) < 4.78 is 1.76. The Kier molecular flexibility index (Phi) is 0.943. The lowest BCUT2D eigenvalue weighted by molar-refractivity contribution is -0.119. The van der Waals surface area contributed by atoms with Crippen LogP contribution in [0.3, 0.4) is 0 Å². The van der Waals surface area contributed by atoms with Gasteiger partial charge in [-0.25, -0.2) is 0 Å². The average Bonchev–Trinajstić information content (AvgIpc) is 2.33. The number of carbonyl (C=O) groups is 1. The molecule has 1 aromatic heterocycles. The average molecular weight is 135 g/mol. The Bertz CT molecular complexity index is 300. The number of amides is 1. The van der Waals surface area contributed by atoms with Crippen molar-refractivity contribution in [1.82, 2.24) is 4.57 Å². The van der Waals surface area contributed by atoms with Crippen LogP contribution in [0, 0.1) is 0 Å². The highest BCUT2D eigenvalue weighted by atomic mass is 16.2. The van der Waals surface area contributed by atoms with Gasteiger partial charge in [-0.15, -0.1) is 10.2 Å². The normalized spacial score (nSPS) is 15.4. The van der Waals surface area contributed by atoms with Gasteiger partial charge >= 0.3 is 0 Å².